The van der Waals surface area contributed by atoms with Gasteiger partial charge in [0.25, 0.3) is 0 Å². The fourth-order valence-corrected chi connectivity index (χ4v) is 1.72. The van der Waals surface area contributed by atoms with Crippen molar-refractivity contribution < 1.29 is 14.6 Å². The second kappa shape index (κ2) is 5.51. The molecule has 0 aliphatic rings. The molecule has 0 amide bonds. The number of ether oxygens (including phenoxy) is 1. The molecule has 4 nitrogen and oxygen atoms in total. The Morgan fingerprint density at radius 2 is 2.24 bits per heavy atom. The van der Waals surface area contributed by atoms with Gasteiger partial charge in [0.15, 0.2) is 5.60 Å². The van der Waals surface area contributed by atoms with E-state index in [1.807, 2.05) is 25.1 Å². The number of anilines is 1. The maximum Gasteiger partial charge on any atom is 0.339 e. The van der Waals surface area contributed by atoms with Gasteiger partial charge in [-0.3, -0.25) is 0 Å². The van der Waals surface area contributed by atoms with Crippen LogP contribution in [0.5, 0.6) is 0 Å². The van der Waals surface area contributed by atoms with Crippen molar-refractivity contribution >= 4 is 27.6 Å². The van der Waals surface area contributed by atoms with Gasteiger partial charge in [0.05, 0.1) is 13.7 Å². The molecule has 1 atom stereocenters. The van der Waals surface area contributed by atoms with Crippen LogP contribution in [0.3, 0.4) is 0 Å². The topological polar surface area (TPSA) is 58.6 Å². The van der Waals surface area contributed by atoms with E-state index in [2.05, 4.69) is 26.0 Å². The Kier molecular flexibility index (Phi) is 4.54. The molecule has 0 heterocycles. The van der Waals surface area contributed by atoms with Crippen molar-refractivity contribution in [2.75, 3.05) is 19.0 Å². The van der Waals surface area contributed by atoms with E-state index in [1.54, 1.807) is 0 Å². The Balaban J connectivity index is 2.73. The lowest BCUT2D eigenvalue weighted by Crippen LogP contribution is -2.42. The third kappa shape index (κ3) is 3.71. The van der Waals surface area contributed by atoms with Crippen molar-refractivity contribution in [1.82, 2.24) is 0 Å². The third-order valence-electron chi connectivity index (χ3n) is 2.37. The summed E-state index contributed by atoms with van der Waals surface area (Å²) in [5.41, 5.74) is 0.375. The molecule has 5 heteroatoms. The third-order valence-corrected chi connectivity index (χ3v) is 3.06. The van der Waals surface area contributed by atoms with E-state index in [-0.39, 0.29) is 6.54 Å². The highest BCUT2D eigenvalue weighted by Crippen LogP contribution is 2.24. The summed E-state index contributed by atoms with van der Waals surface area (Å²) in [4.78, 5) is 11.3. The Hall–Kier alpha value is -1.07. The minimum Gasteiger partial charge on any atom is -0.467 e. The molecule has 0 aliphatic heterocycles. The number of carbonyl (C=O) groups excluding carboxylic acids is 1. The number of nitrogens with one attached hydrogen (secondary N) is 1. The first-order valence-corrected chi connectivity index (χ1v) is 5.97. The number of benzene rings is 1. The summed E-state index contributed by atoms with van der Waals surface area (Å²) >= 11 is 3.39. The molecule has 0 saturated carbocycles. The van der Waals surface area contributed by atoms with Crippen LogP contribution in [0.25, 0.3) is 0 Å². The molecule has 0 radical (unpaired) electrons. The van der Waals surface area contributed by atoms with Crippen LogP contribution in [0.2, 0.25) is 0 Å². The first-order valence-electron chi connectivity index (χ1n) is 5.17. The van der Waals surface area contributed by atoms with Crippen molar-refractivity contribution in [1.29, 1.82) is 0 Å². The van der Waals surface area contributed by atoms with Crippen molar-refractivity contribution in [3.05, 3.63) is 28.2 Å². The van der Waals surface area contributed by atoms with E-state index < -0.39 is 11.6 Å². The lowest BCUT2D eigenvalue weighted by atomic mass is 10.1. The minimum atomic E-state index is -1.54. The number of aliphatic hydroxyl groups is 1. The van der Waals surface area contributed by atoms with Gasteiger partial charge in [0.1, 0.15) is 0 Å². The zero-order valence-electron chi connectivity index (χ0n) is 10.1. The number of halogens is 1. The molecule has 94 valence electrons. The predicted molar refractivity (Wildman–Crippen MR) is 70.0 cm³/mol. The highest BCUT2D eigenvalue weighted by atomic mass is 79.9. The summed E-state index contributed by atoms with van der Waals surface area (Å²) in [5.74, 6) is -0.659. The van der Waals surface area contributed by atoms with Gasteiger partial charge in [0, 0.05) is 10.2 Å². The quantitative estimate of drug-likeness (QED) is 0.836. The molecular formula is C12H16BrNO3. The number of carbonyl (C=O) groups is 1. The van der Waals surface area contributed by atoms with Crippen LogP contribution >= 0.6 is 15.9 Å². The van der Waals surface area contributed by atoms with Crippen LogP contribution in [-0.2, 0) is 9.53 Å². The Labute approximate surface area is 109 Å². The van der Waals surface area contributed by atoms with Gasteiger partial charge in [-0.1, -0.05) is 6.07 Å². The van der Waals surface area contributed by atoms with Crippen LogP contribution in [0.1, 0.15) is 12.5 Å². The summed E-state index contributed by atoms with van der Waals surface area (Å²) in [6.45, 7) is 3.47. The number of methoxy groups -OCH3 is 1. The van der Waals surface area contributed by atoms with E-state index >= 15 is 0 Å². The lowest BCUT2D eigenvalue weighted by Gasteiger charge is -2.21. The average molecular weight is 302 g/mol. The summed E-state index contributed by atoms with van der Waals surface area (Å²) in [6.07, 6.45) is 0. The van der Waals surface area contributed by atoms with E-state index in [0.29, 0.717) is 0 Å². The number of hydrogen-bond donors (Lipinski definition) is 2. The minimum absolute atomic E-state index is 0.0850. The van der Waals surface area contributed by atoms with Crippen LogP contribution in [0.4, 0.5) is 5.69 Å². The number of aryl methyl sites for hydroxylation is 1. The van der Waals surface area contributed by atoms with Gasteiger partial charge in [-0.15, -0.1) is 0 Å². The SMILES string of the molecule is COC(=O)C(C)(O)CNc1cc(C)ccc1Br. The summed E-state index contributed by atoms with van der Waals surface area (Å²) < 4.78 is 5.40. The highest BCUT2D eigenvalue weighted by molar-refractivity contribution is 9.10. The molecular weight excluding hydrogens is 286 g/mol. The normalized spacial score (nSPS) is 13.9. The van der Waals surface area contributed by atoms with Crippen molar-refractivity contribution in [2.24, 2.45) is 0 Å². The molecule has 1 unspecified atom stereocenters. The van der Waals surface area contributed by atoms with E-state index in [4.69, 9.17) is 0 Å². The summed E-state index contributed by atoms with van der Waals surface area (Å²) in [6, 6.07) is 5.80. The Bertz CT molecular complexity index is 418. The fraction of sp³-hybridized carbons (Fsp3) is 0.417. The highest BCUT2D eigenvalue weighted by Gasteiger charge is 2.31. The zero-order valence-corrected chi connectivity index (χ0v) is 11.7. The van der Waals surface area contributed by atoms with Gasteiger partial charge < -0.3 is 15.2 Å². The molecule has 0 bridgehead atoms. The van der Waals surface area contributed by atoms with Crippen LogP contribution in [0.15, 0.2) is 22.7 Å². The van der Waals surface area contributed by atoms with Crippen LogP contribution in [0, 0.1) is 6.92 Å². The molecule has 1 aromatic rings. The molecule has 0 spiro atoms. The standard InChI is InChI=1S/C12H16BrNO3/c1-8-4-5-9(13)10(6-8)14-7-12(2,16)11(15)17-3/h4-6,14,16H,7H2,1-3H3. The first-order chi connectivity index (χ1) is 7.86. The second-order valence-corrected chi connectivity index (χ2v) is 4.96. The fourth-order valence-electron chi connectivity index (χ4n) is 1.33. The number of hydrogen-bond acceptors (Lipinski definition) is 4. The molecule has 2 N–H and O–H groups in total. The lowest BCUT2D eigenvalue weighted by molar-refractivity contribution is -0.158. The Morgan fingerprint density at radius 3 is 2.82 bits per heavy atom. The number of rotatable bonds is 4. The number of esters is 1. The van der Waals surface area contributed by atoms with Gasteiger partial charge in [-0.25, -0.2) is 4.79 Å². The van der Waals surface area contributed by atoms with Gasteiger partial charge >= 0.3 is 5.97 Å². The van der Waals surface area contributed by atoms with Crippen molar-refractivity contribution in [3.8, 4) is 0 Å². The molecule has 17 heavy (non-hydrogen) atoms. The zero-order chi connectivity index (χ0) is 13.1. The van der Waals surface area contributed by atoms with Gasteiger partial charge in [-0.05, 0) is 47.5 Å². The largest absolute Gasteiger partial charge is 0.467 e. The Morgan fingerprint density at radius 1 is 1.59 bits per heavy atom. The van der Waals surface area contributed by atoms with Crippen molar-refractivity contribution in [2.45, 2.75) is 19.4 Å². The molecule has 0 fully saturated rings. The molecule has 1 aromatic carbocycles. The second-order valence-electron chi connectivity index (χ2n) is 4.10. The predicted octanol–water partition coefficient (Wildman–Crippen LogP) is 2.09. The maximum atomic E-state index is 11.3. The van der Waals surface area contributed by atoms with Crippen molar-refractivity contribution in [3.63, 3.8) is 0 Å². The summed E-state index contributed by atoms with van der Waals surface area (Å²) in [7, 11) is 1.25. The van der Waals surface area contributed by atoms with Gasteiger partial charge in [0.2, 0.25) is 0 Å². The van der Waals surface area contributed by atoms with Gasteiger partial charge in [-0.2, -0.15) is 0 Å². The van der Waals surface area contributed by atoms with E-state index in [0.717, 1.165) is 15.7 Å². The van der Waals surface area contributed by atoms with E-state index in [1.165, 1.54) is 14.0 Å². The first kappa shape index (κ1) is 14.0. The molecule has 0 saturated heterocycles. The average Bonchev–Trinajstić information content (AvgIpc) is 2.29. The summed E-state index contributed by atoms with van der Waals surface area (Å²) in [5, 5.41) is 12.9. The maximum absolute atomic E-state index is 11.3. The smallest absolute Gasteiger partial charge is 0.339 e. The van der Waals surface area contributed by atoms with Crippen LogP contribution in [-0.4, -0.2) is 30.3 Å². The molecule has 1 rings (SSSR count). The van der Waals surface area contributed by atoms with Crippen LogP contribution < -0.4 is 5.32 Å². The monoisotopic (exact) mass is 301 g/mol. The van der Waals surface area contributed by atoms with E-state index in [9.17, 15) is 9.90 Å². The molecule has 0 aromatic heterocycles. The molecule has 0 aliphatic carbocycles.